The Bertz CT molecular complexity index is 515. The number of ether oxygens (including phenoxy) is 3. The van der Waals surface area contributed by atoms with Gasteiger partial charge in [-0.2, -0.15) is 0 Å². The van der Waals surface area contributed by atoms with Crippen molar-refractivity contribution in [3.8, 4) is 0 Å². The standard InChI is InChI=1S/C12H18N2O11/c1-6(24-13(17)18)8(25-14(19)20)2-3-10(16)23-9-5-22-11-7(15)4-21-12(9)11/h6-9,11-12,15H,2-5H2,1H3/t6?,7?,8?,9-,11-,12-/m1/s1. The van der Waals surface area contributed by atoms with Crippen molar-refractivity contribution in [1.29, 1.82) is 0 Å². The van der Waals surface area contributed by atoms with Gasteiger partial charge in [-0.25, -0.2) is 0 Å². The molecule has 0 amide bonds. The van der Waals surface area contributed by atoms with Crippen LogP contribution in [0, 0.1) is 20.2 Å². The van der Waals surface area contributed by atoms with Crippen molar-refractivity contribution in [3.63, 3.8) is 0 Å². The van der Waals surface area contributed by atoms with E-state index in [4.69, 9.17) is 14.2 Å². The van der Waals surface area contributed by atoms with Crippen LogP contribution in [-0.4, -0.2) is 71.1 Å². The first-order valence-electron chi connectivity index (χ1n) is 7.51. The van der Waals surface area contributed by atoms with Crippen LogP contribution in [0.25, 0.3) is 0 Å². The van der Waals surface area contributed by atoms with Crippen LogP contribution in [0.5, 0.6) is 0 Å². The molecule has 25 heavy (non-hydrogen) atoms. The monoisotopic (exact) mass is 366 g/mol. The molecule has 0 aliphatic carbocycles. The van der Waals surface area contributed by atoms with Crippen LogP contribution in [0.2, 0.25) is 0 Å². The van der Waals surface area contributed by atoms with Crippen molar-refractivity contribution < 1.29 is 44.0 Å². The van der Waals surface area contributed by atoms with Crippen molar-refractivity contribution in [2.45, 2.75) is 56.4 Å². The number of aliphatic hydroxyl groups excluding tert-OH is 1. The minimum Gasteiger partial charge on any atom is -0.457 e. The number of fused-ring (bicyclic) bond motifs is 1. The summed E-state index contributed by atoms with van der Waals surface area (Å²) in [4.78, 5) is 41.2. The zero-order chi connectivity index (χ0) is 18.6. The van der Waals surface area contributed by atoms with Gasteiger partial charge in [-0.05, 0) is 13.3 Å². The Labute approximate surface area is 140 Å². The summed E-state index contributed by atoms with van der Waals surface area (Å²) in [6, 6.07) is 0. The highest BCUT2D eigenvalue weighted by Crippen LogP contribution is 2.29. The topological polar surface area (TPSA) is 170 Å². The summed E-state index contributed by atoms with van der Waals surface area (Å²) in [6.45, 7) is 1.36. The summed E-state index contributed by atoms with van der Waals surface area (Å²) in [7, 11) is 0. The van der Waals surface area contributed by atoms with Crippen LogP contribution in [0.4, 0.5) is 0 Å². The summed E-state index contributed by atoms with van der Waals surface area (Å²) in [5, 5.41) is 28.2. The average Bonchev–Trinajstić information content (AvgIpc) is 3.06. The highest BCUT2D eigenvalue weighted by molar-refractivity contribution is 5.69. The molecule has 0 aromatic rings. The molecule has 0 aromatic heterocycles. The molecule has 2 heterocycles. The van der Waals surface area contributed by atoms with Gasteiger partial charge in [-0.3, -0.25) is 4.79 Å². The Balaban J connectivity index is 1.82. The third-order valence-corrected chi connectivity index (χ3v) is 3.90. The molecule has 6 atom stereocenters. The van der Waals surface area contributed by atoms with Gasteiger partial charge in [-0.1, -0.05) is 0 Å². The van der Waals surface area contributed by atoms with Gasteiger partial charge in [0.15, 0.2) is 6.10 Å². The molecule has 0 spiro atoms. The minimum atomic E-state index is -1.31. The summed E-state index contributed by atoms with van der Waals surface area (Å²) in [5.74, 6) is -0.704. The van der Waals surface area contributed by atoms with Crippen molar-refractivity contribution in [1.82, 2.24) is 0 Å². The van der Waals surface area contributed by atoms with E-state index in [1.165, 1.54) is 6.92 Å². The normalized spacial score (nSPS) is 30.2. The molecule has 13 heteroatoms. The van der Waals surface area contributed by atoms with E-state index in [0.29, 0.717) is 0 Å². The SMILES string of the molecule is CC(O[N+](=O)[O-])C(CCC(=O)O[C@@H]1CO[C@@H]2C(O)CO[C@@H]21)O[N+](=O)[O-]. The van der Waals surface area contributed by atoms with Crippen LogP contribution in [0.1, 0.15) is 19.8 Å². The van der Waals surface area contributed by atoms with Crippen molar-refractivity contribution in [2.75, 3.05) is 13.2 Å². The maximum Gasteiger partial charge on any atom is 0.306 e. The first-order chi connectivity index (χ1) is 11.8. The molecule has 0 saturated carbocycles. The molecule has 13 nitrogen and oxygen atoms in total. The number of hydrogen-bond donors (Lipinski definition) is 1. The van der Waals surface area contributed by atoms with E-state index in [2.05, 4.69) is 9.68 Å². The summed E-state index contributed by atoms with van der Waals surface area (Å²) >= 11 is 0. The van der Waals surface area contributed by atoms with Crippen molar-refractivity contribution >= 4 is 5.97 Å². The lowest BCUT2D eigenvalue weighted by molar-refractivity contribution is -0.798. The second kappa shape index (κ2) is 8.22. The fourth-order valence-corrected chi connectivity index (χ4v) is 2.72. The number of carbonyl (C=O) groups is 1. The average molecular weight is 366 g/mol. The van der Waals surface area contributed by atoms with Gasteiger partial charge in [-0.15, -0.1) is 20.2 Å². The third kappa shape index (κ3) is 5.11. The van der Waals surface area contributed by atoms with Crippen LogP contribution in [-0.2, 0) is 28.7 Å². The Morgan fingerprint density at radius 1 is 1.20 bits per heavy atom. The van der Waals surface area contributed by atoms with E-state index in [0.717, 1.165) is 0 Å². The lowest BCUT2D eigenvalue weighted by Crippen LogP contribution is -2.35. The van der Waals surface area contributed by atoms with E-state index in [-0.39, 0.29) is 26.1 Å². The molecule has 2 fully saturated rings. The van der Waals surface area contributed by atoms with Gasteiger partial charge in [0.2, 0.25) is 0 Å². The van der Waals surface area contributed by atoms with E-state index < -0.39 is 52.8 Å². The van der Waals surface area contributed by atoms with Crippen LogP contribution < -0.4 is 0 Å². The lowest BCUT2D eigenvalue weighted by Gasteiger charge is -2.21. The molecule has 3 unspecified atom stereocenters. The Morgan fingerprint density at radius 3 is 2.48 bits per heavy atom. The van der Waals surface area contributed by atoms with E-state index in [1.807, 2.05) is 0 Å². The van der Waals surface area contributed by atoms with Gasteiger partial charge in [0, 0.05) is 6.42 Å². The van der Waals surface area contributed by atoms with E-state index >= 15 is 0 Å². The zero-order valence-corrected chi connectivity index (χ0v) is 13.2. The van der Waals surface area contributed by atoms with Crippen molar-refractivity contribution in [2.24, 2.45) is 0 Å². The Hall–Kier alpha value is -2.25. The summed E-state index contributed by atoms with van der Waals surface area (Å²) < 4.78 is 15.8. The zero-order valence-electron chi connectivity index (χ0n) is 13.2. The van der Waals surface area contributed by atoms with Gasteiger partial charge in [0.25, 0.3) is 10.2 Å². The quantitative estimate of drug-likeness (QED) is 0.302. The molecule has 2 rings (SSSR count). The van der Waals surface area contributed by atoms with Gasteiger partial charge in [0.1, 0.15) is 30.5 Å². The largest absolute Gasteiger partial charge is 0.457 e. The van der Waals surface area contributed by atoms with Gasteiger partial charge < -0.3 is 29.0 Å². The molecule has 2 saturated heterocycles. The molecule has 2 aliphatic rings. The number of esters is 1. The molecular weight excluding hydrogens is 348 g/mol. The number of aliphatic hydroxyl groups is 1. The second-order valence-electron chi connectivity index (χ2n) is 5.63. The number of hydrogen-bond acceptors (Lipinski definition) is 11. The fraction of sp³-hybridized carbons (Fsp3) is 0.917. The second-order valence-corrected chi connectivity index (χ2v) is 5.63. The molecule has 0 radical (unpaired) electrons. The van der Waals surface area contributed by atoms with Gasteiger partial charge in [0.05, 0.1) is 13.2 Å². The molecule has 2 aliphatic heterocycles. The van der Waals surface area contributed by atoms with E-state index in [9.17, 15) is 30.1 Å². The summed E-state index contributed by atoms with van der Waals surface area (Å²) in [6.07, 6.45) is -5.69. The molecule has 0 bridgehead atoms. The first kappa shape index (κ1) is 19.1. The predicted octanol–water partition coefficient (Wildman–Crippen LogP) is -0.989. The lowest BCUT2D eigenvalue weighted by atomic mass is 10.1. The number of nitrogens with zero attached hydrogens (tertiary/aromatic N) is 2. The smallest absolute Gasteiger partial charge is 0.306 e. The molecule has 142 valence electrons. The van der Waals surface area contributed by atoms with Crippen LogP contribution in [0.3, 0.4) is 0 Å². The van der Waals surface area contributed by atoms with Crippen molar-refractivity contribution in [3.05, 3.63) is 20.2 Å². The minimum absolute atomic E-state index is 0.0633. The fourth-order valence-electron chi connectivity index (χ4n) is 2.72. The summed E-state index contributed by atoms with van der Waals surface area (Å²) in [5.41, 5.74) is 0. The third-order valence-electron chi connectivity index (χ3n) is 3.90. The highest BCUT2D eigenvalue weighted by atomic mass is 17.0. The first-order valence-corrected chi connectivity index (χ1v) is 7.51. The maximum absolute atomic E-state index is 11.9. The number of carbonyl (C=O) groups excluding carboxylic acids is 1. The van der Waals surface area contributed by atoms with Gasteiger partial charge >= 0.3 is 5.97 Å². The molecule has 1 N–H and O–H groups in total. The van der Waals surface area contributed by atoms with Crippen LogP contribution >= 0.6 is 0 Å². The number of rotatable bonds is 9. The maximum atomic E-state index is 11.9. The Kier molecular flexibility index (Phi) is 6.27. The molecular formula is C12H18N2O11. The van der Waals surface area contributed by atoms with E-state index in [1.54, 1.807) is 0 Å². The molecule has 0 aromatic carbocycles. The Morgan fingerprint density at radius 2 is 1.84 bits per heavy atom. The predicted molar refractivity (Wildman–Crippen MR) is 74.0 cm³/mol. The highest BCUT2D eigenvalue weighted by Gasteiger charge is 2.48. The van der Waals surface area contributed by atoms with Crippen LogP contribution in [0.15, 0.2) is 0 Å².